The van der Waals surface area contributed by atoms with E-state index in [0.29, 0.717) is 5.56 Å². The summed E-state index contributed by atoms with van der Waals surface area (Å²) >= 11 is 0. The number of benzene rings is 1. The highest BCUT2D eigenvalue weighted by molar-refractivity contribution is 5.78. The van der Waals surface area contributed by atoms with Crippen LogP contribution in [0.25, 0.3) is 11.3 Å². The zero-order valence-electron chi connectivity index (χ0n) is 8.84. The van der Waals surface area contributed by atoms with Crippen molar-refractivity contribution in [2.24, 2.45) is 0 Å². The van der Waals surface area contributed by atoms with Gasteiger partial charge in [0.2, 0.25) is 0 Å². The quantitative estimate of drug-likeness (QED) is 0.780. The molecule has 3 heteroatoms. The summed E-state index contributed by atoms with van der Waals surface area (Å²) in [7, 11) is 0. The molecule has 1 aromatic heterocycles. The minimum absolute atomic E-state index is 0.215. The minimum atomic E-state index is 0.215. The van der Waals surface area contributed by atoms with Crippen molar-refractivity contribution in [2.75, 3.05) is 0 Å². The summed E-state index contributed by atoms with van der Waals surface area (Å²) in [5, 5.41) is 9.18. The summed E-state index contributed by atoms with van der Waals surface area (Å²) in [6, 6.07) is 10.2. The molecule has 1 heterocycles. The zero-order chi connectivity index (χ0) is 11.5. The van der Waals surface area contributed by atoms with Gasteiger partial charge in [0.05, 0.1) is 5.69 Å². The third-order valence-electron chi connectivity index (χ3n) is 2.27. The Bertz CT molecular complexity index is 518. The lowest BCUT2D eigenvalue weighted by Crippen LogP contribution is -1.90. The second kappa shape index (κ2) is 4.14. The first kappa shape index (κ1) is 10.4. The lowest BCUT2D eigenvalue weighted by Gasteiger charge is -2.03. The van der Waals surface area contributed by atoms with Gasteiger partial charge in [0, 0.05) is 16.8 Å². The van der Waals surface area contributed by atoms with E-state index in [9.17, 15) is 9.90 Å². The summed E-state index contributed by atoms with van der Waals surface area (Å²) < 4.78 is 0. The number of carbonyl (C=O) groups excluding carboxylic acids is 1. The number of aryl methyl sites for hydroxylation is 1. The van der Waals surface area contributed by atoms with Crippen molar-refractivity contribution in [1.82, 2.24) is 4.98 Å². The normalized spacial score (nSPS) is 10.1. The second-order valence-electron chi connectivity index (χ2n) is 3.59. The maximum atomic E-state index is 10.7. The van der Waals surface area contributed by atoms with Crippen molar-refractivity contribution in [3.63, 3.8) is 0 Å². The third-order valence-corrected chi connectivity index (χ3v) is 2.27. The average Bonchev–Trinajstić information content (AvgIpc) is 2.29. The van der Waals surface area contributed by atoms with E-state index in [1.165, 1.54) is 0 Å². The van der Waals surface area contributed by atoms with Gasteiger partial charge in [-0.05, 0) is 43.3 Å². The van der Waals surface area contributed by atoms with Crippen LogP contribution < -0.4 is 0 Å². The fraction of sp³-hybridized carbons (Fsp3) is 0.0769. The number of rotatable bonds is 2. The molecule has 2 rings (SSSR count). The van der Waals surface area contributed by atoms with Crippen LogP contribution in [-0.2, 0) is 0 Å². The van der Waals surface area contributed by atoms with E-state index in [1.54, 1.807) is 36.4 Å². The van der Waals surface area contributed by atoms with E-state index in [4.69, 9.17) is 0 Å². The summed E-state index contributed by atoms with van der Waals surface area (Å²) in [4.78, 5) is 15.1. The second-order valence-corrected chi connectivity index (χ2v) is 3.59. The molecule has 0 spiro atoms. The van der Waals surface area contributed by atoms with Crippen LogP contribution >= 0.6 is 0 Å². The molecule has 0 aliphatic carbocycles. The number of carbonyl (C=O) groups is 1. The third kappa shape index (κ3) is 2.08. The van der Waals surface area contributed by atoms with Gasteiger partial charge in [0.1, 0.15) is 12.0 Å². The number of aromatic hydroxyl groups is 1. The van der Waals surface area contributed by atoms with Gasteiger partial charge in [-0.15, -0.1) is 0 Å². The van der Waals surface area contributed by atoms with Crippen molar-refractivity contribution >= 4 is 6.29 Å². The molecule has 0 saturated heterocycles. The van der Waals surface area contributed by atoms with Gasteiger partial charge < -0.3 is 5.11 Å². The Morgan fingerprint density at radius 2 is 1.88 bits per heavy atom. The fourth-order valence-electron chi connectivity index (χ4n) is 1.54. The van der Waals surface area contributed by atoms with E-state index < -0.39 is 0 Å². The number of pyridine rings is 1. The number of phenols is 1. The van der Waals surface area contributed by atoms with Gasteiger partial charge in [-0.2, -0.15) is 0 Å². The van der Waals surface area contributed by atoms with Gasteiger partial charge in [0.15, 0.2) is 0 Å². The van der Waals surface area contributed by atoms with Crippen molar-refractivity contribution in [2.45, 2.75) is 6.92 Å². The van der Waals surface area contributed by atoms with Crippen LogP contribution in [-0.4, -0.2) is 16.4 Å². The van der Waals surface area contributed by atoms with Crippen LogP contribution in [0.4, 0.5) is 0 Å². The molecule has 80 valence electrons. The molecule has 0 saturated carbocycles. The Hall–Kier alpha value is -2.16. The first-order valence-corrected chi connectivity index (χ1v) is 4.92. The Balaban J connectivity index is 2.51. The van der Waals surface area contributed by atoms with Gasteiger partial charge in [0.25, 0.3) is 0 Å². The van der Waals surface area contributed by atoms with Crippen LogP contribution in [0.5, 0.6) is 5.75 Å². The number of hydrogen-bond acceptors (Lipinski definition) is 3. The van der Waals surface area contributed by atoms with Crippen molar-refractivity contribution in [3.05, 3.63) is 47.7 Å². The van der Waals surface area contributed by atoms with E-state index >= 15 is 0 Å². The van der Waals surface area contributed by atoms with Crippen molar-refractivity contribution in [3.8, 4) is 17.0 Å². The van der Waals surface area contributed by atoms with Crippen LogP contribution in [0.3, 0.4) is 0 Å². The lowest BCUT2D eigenvalue weighted by atomic mass is 10.1. The summed E-state index contributed by atoms with van der Waals surface area (Å²) in [5.41, 5.74) is 3.02. The van der Waals surface area contributed by atoms with Crippen LogP contribution in [0.2, 0.25) is 0 Å². The lowest BCUT2D eigenvalue weighted by molar-refractivity contribution is 0.112. The van der Waals surface area contributed by atoms with E-state index in [0.717, 1.165) is 23.2 Å². The Labute approximate surface area is 93.4 Å². The fourth-order valence-corrected chi connectivity index (χ4v) is 1.54. The first-order chi connectivity index (χ1) is 7.69. The van der Waals surface area contributed by atoms with Crippen LogP contribution in [0, 0.1) is 6.92 Å². The average molecular weight is 213 g/mol. The molecule has 16 heavy (non-hydrogen) atoms. The van der Waals surface area contributed by atoms with Gasteiger partial charge in [-0.3, -0.25) is 9.78 Å². The molecule has 1 N–H and O–H groups in total. The van der Waals surface area contributed by atoms with Crippen LogP contribution in [0.15, 0.2) is 36.4 Å². The van der Waals surface area contributed by atoms with E-state index in [-0.39, 0.29) is 5.75 Å². The molecule has 0 unspecified atom stereocenters. The molecular weight excluding hydrogens is 202 g/mol. The summed E-state index contributed by atoms with van der Waals surface area (Å²) in [5.74, 6) is 0.215. The molecule has 1 aromatic carbocycles. The summed E-state index contributed by atoms with van der Waals surface area (Å²) in [6.45, 7) is 1.84. The smallest absolute Gasteiger partial charge is 0.150 e. The van der Waals surface area contributed by atoms with Gasteiger partial charge in [-0.25, -0.2) is 0 Å². The first-order valence-electron chi connectivity index (χ1n) is 4.92. The highest BCUT2D eigenvalue weighted by Gasteiger charge is 2.02. The number of hydrogen-bond donors (Lipinski definition) is 1. The number of nitrogens with zero attached hydrogens (tertiary/aromatic N) is 1. The molecule has 0 bridgehead atoms. The largest absolute Gasteiger partial charge is 0.508 e. The molecule has 0 amide bonds. The zero-order valence-corrected chi connectivity index (χ0v) is 8.84. The summed E-state index contributed by atoms with van der Waals surface area (Å²) in [6.07, 6.45) is 0.804. The topological polar surface area (TPSA) is 50.2 Å². The molecule has 3 nitrogen and oxygen atoms in total. The molecule has 0 radical (unpaired) electrons. The molecule has 0 fully saturated rings. The number of aromatic nitrogens is 1. The molecule has 0 atom stereocenters. The van der Waals surface area contributed by atoms with Crippen LogP contribution in [0.1, 0.15) is 16.1 Å². The Kier molecular flexibility index (Phi) is 2.68. The monoisotopic (exact) mass is 213 g/mol. The predicted molar refractivity (Wildman–Crippen MR) is 61.5 cm³/mol. The van der Waals surface area contributed by atoms with E-state index in [1.807, 2.05) is 6.92 Å². The molecular formula is C13H11NO2. The van der Waals surface area contributed by atoms with Gasteiger partial charge >= 0.3 is 0 Å². The van der Waals surface area contributed by atoms with Crippen molar-refractivity contribution < 1.29 is 9.90 Å². The highest BCUT2D eigenvalue weighted by atomic mass is 16.3. The van der Waals surface area contributed by atoms with E-state index in [2.05, 4.69) is 4.98 Å². The maximum Gasteiger partial charge on any atom is 0.150 e. The Morgan fingerprint density at radius 3 is 2.50 bits per heavy atom. The standard InChI is InChI=1S/C13H11NO2/c1-9-6-10(8-15)7-13(14-9)11-2-4-12(16)5-3-11/h2-8,16H,1H3. The number of phenolic OH excluding ortho intramolecular Hbond substituents is 1. The highest BCUT2D eigenvalue weighted by Crippen LogP contribution is 2.21. The predicted octanol–water partition coefficient (Wildman–Crippen LogP) is 2.58. The molecule has 2 aromatic rings. The SMILES string of the molecule is Cc1cc(C=O)cc(-c2ccc(O)cc2)n1. The molecule has 0 aliphatic heterocycles. The van der Waals surface area contributed by atoms with Gasteiger partial charge in [-0.1, -0.05) is 0 Å². The maximum absolute atomic E-state index is 10.7. The minimum Gasteiger partial charge on any atom is -0.508 e. The number of aldehydes is 1. The molecule has 0 aliphatic rings. The Morgan fingerprint density at radius 1 is 1.19 bits per heavy atom. The van der Waals surface area contributed by atoms with Crippen molar-refractivity contribution in [1.29, 1.82) is 0 Å².